The number of hydrogen-bond acceptors (Lipinski definition) is 1. The Hall–Kier alpha value is -7.74. The highest BCUT2D eigenvalue weighted by molar-refractivity contribution is 5.97. The van der Waals surface area contributed by atoms with Gasteiger partial charge in [-0.25, -0.2) is 0 Å². The topological polar surface area (TPSA) is 3.24 Å². The van der Waals surface area contributed by atoms with Crippen LogP contribution in [0.5, 0.6) is 0 Å². The van der Waals surface area contributed by atoms with Crippen LogP contribution in [0.15, 0.2) is 242 Å². The maximum Gasteiger partial charge on any atom is 0.0725 e. The van der Waals surface area contributed by atoms with E-state index in [0.717, 1.165) is 29.9 Å². The van der Waals surface area contributed by atoms with E-state index in [-0.39, 0.29) is 0 Å². The molecule has 9 aromatic rings. The zero-order chi connectivity index (χ0) is 41.5. The molecule has 0 radical (unpaired) electrons. The molecule has 296 valence electrons. The Morgan fingerprint density at radius 2 is 0.762 bits per heavy atom. The van der Waals surface area contributed by atoms with Crippen molar-refractivity contribution in [3.8, 4) is 33.4 Å². The average molecular weight is 802 g/mol. The molecule has 1 unspecified atom stereocenters. The molecule has 0 saturated carbocycles. The SMILES string of the molecule is C1=CC2=C(CC1)C1(c3ccccc32)c2ccccc2C2(c3ccccc3-c3ccccc32)c2c(-c3ccc(N(c4ccccc4)c4ccc(-c5ccccc5)cc4)cc3)cccc21. The lowest BCUT2D eigenvalue weighted by Gasteiger charge is -2.50. The zero-order valence-electron chi connectivity index (χ0n) is 34.9. The molecule has 13 rings (SSSR count). The van der Waals surface area contributed by atoms with Gasteiger partial charge in [-0.2, -0.15) is 0 Å². The van der Waals surface area contributed by atoms with E-state index in [1.807, 2.05) is 0 Å². The van der Waals surface area contributed by atoms with Gasteiger partial charge < -0.3 is 4.90 Å². The van der Waals surface area contributed by atoms with Crippen LogP contribution in [-0.2, 0) is 10.8 Å². The van der Waals surface area contributed by atoms with E-state index >= 15 is 0 Å². The predicted molar refractivity (Wildman–Crippen MR) is 261 cm³/mol. The summed E-state index contributed by atoms with van der Waals surface area (Å²) in [6.07, 6.45) is 6.85. The Morgan fingerprint density at radius 1 is 0.317 bits per heavy atom. The van der Waals surface area contributed by atoms with E-state index < -0.39 is 10.8 Å². The second-order valence-corrected chi connectivity index (χ2v) is 17.4. The van der Waals surface area contributed by atoms with E-state index in [4.69, 9.17) is 0 Å². The van der Waals surface area contributed by atoms with Gasteiger partial charge in [-0.15, -0.1) is 0 Å². The van der Waals surface area contributed by atoms with E-state index in [1.165, 1.54) is 89.0 Å². The van der Waals surface area contributed by atoms with Crippen molar-refractivity contribution in [1.29, 1.82) is 0 Å². The van der Waals surface area contributed by atoms with Crippen molar-refractivity contribution in [2.75, 3.05) is 4.90 Å². The fraction of sp³-hybridized carbons (Fsp3) is 0.0645. The van der Waals surface area contributed by atoms with Gasteiger partial charge in [0, 0.05) is 17.1 Å². The molecule has 9 aromatic carbocycles. The van der Waals surface area contributed by atoms with Crippen molar-refractivity contribution in [2.24, 2.45) is 0 Å². The second-order valence-electron chi connectivity index (χ2n) is 17.4. The molecule has 1 atom stereocenters. The Kier molecular flexibility index (Phi) is 7.93. The zero-order valence-corrected chi connectivity index (χ0v) is 34.9. The minimum absolute atomic E-state index is 0.438. The Balaban J connectivity index is 1.07. The van der Waals surface area contributed by atoms with Crippen LogP contribution in [0.2, 0.25) is 0 Å². The summed E-state index contributed by atoms with van der Waals surface area (Å²) in [4.78, 5) is 2.37. The molecule has 1 heteroatoms. The first kappa shape index (κ1) is 36.0. The molecule has 2 spiro atoms. The number of fused-ring (bicyclic) bond motifs is 15. The third-order valence-corrected chi connectivity index (χ3v) is 14.5. The summed E-state index contributed by atoms with van der Waals surface area (Å²) in [6.45, 7) is 0. The summed E-state index contributed by atoms with van der Waals surface area (Å²) >= 11 is 0. The first-order valence-corrected chi connectivity index (χ1v) is 22.3. The normalized spacial score (nSPS) is 16.8. The van der Waals surface area contributed by atoms with Crippen molar-refractivity contribution >= 4 is 22.6 Å². The number of rotatable bonds is 5. The highest BCUT2D eigenvalue weighted by atomic mass is 15.1. The van der Waals surface area contributed by atoms with Crippen LogP contribution in [0.25, 0.3) is 39.0 Å². The standard InChI is InChI=1S/C62H43N/c1-3-18-42(19-4-1)43-34-38-46(39-35-43)63(45-20-5-2-6-21-45)47-40-36-44(37-41-47)48-26-17-33-59-60(48)62(55-29-13-9-24-51(55)52-25-10-14-30-56(52)62)58-32-16-15-31-57(58)61(59)53-27-11-7-22-49(53)50-23-8-12-28-54(50)61/h1-11,13-27,29-41H,12,28H2. The van der Waals surface area contributed by atoms with Crippen LogP contribution < -0.4 is 4.90 Å². The fourth-order valence-corrected chi connectivity index (χ4v) is 12.1. The number of nitrogens with zero attached hydrogens (tertiary/aromatic N) is 1. The molecule has 0 aliphatic heterocycles. The molecule has 0 amide bonds. The maximum absolute atomic E-state index is 2.48. The van der Waals surface area contributed by atoms with Crippen molar-refractivity contribution in [3.05, 3.63) is 287 Å². The van der Waals surface area contributed by atoms with Gasteiger partial charge in [0.05, 0.1) is 10.8 Å². The Morgan fingerprint density at radius 3 is 1.40 bits per heavy atom. The lowest BCUT2D eigenvalue weighted by atomic mass is 9.50. The van der Waals surface area contributed by atoms with Gasteiger partial charge in [0.2, 0.25) is 0 Å². The van der Waals surface area contributed by atoms with Crippen molar-refractivity contribution in [3.63, 3.8) is 0 Å². The summed E-state index contributed by atoms with van der Waals surface area (Å²) in [7, 11) is 0. The molecule has 0 N–H and O–H groups in total. The van der Waals surface area contributed by atoms with Gasteiger partial charge in [0.15, 0.2) is 0 Å². The molecule has 4 aliphatic carbocycles. The van der Waals surface area contributed by atoms with E-state index in [9.17, 15) is 0 Å². The van der Waals surface area contributed by atoms with Gasteiger partial charge in [-0.3, -0.25) is 0 Å². The number of anilines is 3. The van der Waals surface area contributed by atoms with Crippen molar-refractivity contribution in [2.45, 2.75) is 23.7 Å². The molecule has 0 heterocycles. The Labute approximate surface area is 369 Å². The Bertz CT molecular complexity index is 3270. The monoisotopic (exact) mass is 801 g/mol. The third kappa shape index (κ3) is 4.94. The molecule has 1 nitrogen and oxygen atoms in total. The first-order valence-electron chi connectivity index (χ1n) is 22.3. The van der Waals surface area contributed by atoms with Crippen LogP contribution >= 0.6 is 0 Å². The highest BCUT2D eigenvalue weighted by Crippen LogP contribution is 2.69. The fourth-order valence-electron chi connectivity index (χ4n) is 12.1. The van der Waals surface area contributed by atoms with E-state index in [2.05, 4.69) is 242 Å². The lowest BCUT2D eigenvalue weighted by molar-refractivity contribution is 0.607. The van der Waals surface area contributed by atoms with E-state index in [1.54, 1.807) is 0 Å². The van der Waals surface area contributed by atoms with Gasteiger partial charge in [-0.1, -0.05) is 200 Å². The molecule has 0 saturated heterocycles. The highest BCUT2D eigenvalue weighted by Gasteiger charge is 2.60. The summed E-state index contributed by atoms with van der Waals surface area (Å²) in [5.41, 5.74) is 23.9. The molecule has 0 bridgehead atoms. The van der Waals surface area contributed by atoms with Crippen LogP contribution in [-0.4, -0.2) is 0 Å². The third-order valence-electron chi connectivity index (χ3n) is 14.5. The lowest BCUT2D eigenvalue weighted by Crippen LogP contribution is -2.44. The smallest absolute Gasteiger partial charge is 0.0725 e. The maximum atomic E-state index is 2.48. The summed E-state index contributed by atoms with van der Waals surface area (Å²) in [6, 6.07) is 84.1. The van der Waals surface area contributed by atoms with Crippen LogP contribution in [0, 0.1) is 0 Å². The van der Waals surface area contributed by atoms with Gasteiger partial charge in [0.25, 0.3) is 0 Å². The number of allylic oxidation sites excluding steroid dienone is 4. The van der Waals surface area contributed by atoms with Gasteiger partial charge >= 0.3 is 0 Å². The molecular formula is C62H43N. The number of para-hydroxylation sites is 1. The predicted octanol–water partition coefficient (Wildman–Crippen LogP) is 15.6. The molecule has 0 aromatic heterocycles. The number of benzene rings is 9. The van der Waals surface area contributed by atoms with Crippen LogP contribution in [0.3, 0.4) is 0 Å². The van der Waals surface area contributed by atoms with Crippen molar-refractivity contribution < 1.29 is 0 Å². The summed E-state index contributed by atoms with van der Waals surface area (Å²) in [5.74, 6) is 0. The van der Waals surface area contributed by atoms with Gasteiger partial charge in [0.1, 0.15) is 0 Å². The average Bonchev–Trinajstić information content (AvgIpc) is 3.83. The van der Waals surface area contributed by atoms with E-state index in [0.29, 0.717) is 0 Å². The quantitative estimate of drug-likeness (QED) is 0.168. The van der Waals surface area contributed by atoms with Crippen LogP contribution in [0.4, 0.5) is 17.1 Å². The van der Waals surface area contributed by atoms with Crippen molar-refractivity contribution in [1.82, 2.24) is 0 Å². The summed E-state index contributed by atoms with van der Waals surface area (Å²) in [5, 5.41) is 0. The molecule has 63 heavy (non-hydrogen) atoms. The minimum atomic E-state index is -0.543. The van der Waals surface area contributed by atoms with Crippen LogP contribution in [0.1, 0.15) is 57.3 Å². The first-order chi connectivity index (χ1) is 31.3. The minimum Gasteiger partial charge on any atom is -0.311 e. The molecular weight excluding hydrogens is 759 g/mol. The largest absolute Gasteiger partial charge is 0.311 e. The number of hydrogen-bond donors (Lipinski definition) is 0. The van der Waals surface area contributed by atoms with Gasteiger partial charge in [-0.05, 0) is 138 Å². The molecule has 4 aliphatic rings. The summed E-state index contributed by atoms with van der Waals surface area (Å²) < 4.78 is 0. The molecule has 0 fully saturated rings. The second kappa shape index (κ2) is 13.9.